The van der Waals surface area contributed by atoms with Gasteiger partial charge in [-0.15, -0.1) is 0 Å². The molecule has 2 saturated heterocycles. The standard InChI is InChI=1S/C15H21NO3/c1-17-14-6-3-2-5-13(14)11-16-8-4-7-15(12-16)18-9-10-19-15/h2-3,5-6H,4,7-12H2,1H3. The maximum absolute atomic E-state index is 5.81. The second kappa shape index (κ2) is 5.49. The first-order chi connectivity index (χ1) is 9.31. The van der Waals surface area contributed by atoms with Crippen LogP contribution in [0.15, 0.2) is 24.3 Å². The third-order valence-corrected chi connectivity index (χ3v) is 3.90. The van der Waals surface area contributed by atoms with Crippen molar-refractivity contribution in [2.45, 2.75) is 25.2 Å². The minimum absolute atomic E-state index is 0.347. The lowest BCUT2D eigenvalue weighted by atomic mass is 10.0. The summed E-state index contributed by atoms with van der Waals surface area (Å²) in [5.41, 5.74) is 1.22. The molecule has 2 fully saturated rings. The Morgan fingerprint density at radius 1 is 1.26 bits per heavy atom. The highest BCUT2D eigenvalue weighted by atomic mass is 16.7. The summed E-state index contributed by atoms with van der Waals surface area (Å²) in [4.78, 5) is 2.40. The molecule has 0 bridgehead atoms. The van der Waals surface area contributed by atoms with Crippen LogP contribution in [-0.2, 0) is 16.0 Å². The van der Waals surface area contributed by atoms with Crippen LogP contribution >= 0.6 is 0 Å². The fourth-order valence-corrected chi connectivity index (χ4v) is 3.01. The quantitative estimate of drug-likeness (QED) is 0.835. The molecule has 0 atom stereocenters. The van der Waals surface area contributed by atoms with E-state index in [2.05, 4.69) is 17.0 Å². The number of hydrogen-bond donors (Lipinski definition) is 0. The van der Waals surface area contributed by atoms with E-state index >= 15 is 0 Å². The van der Waals surface area contributed by atoms with E-state index in [9.17, 15) is 0 Å². The van der Waals surface area contributed by atoms with Crippen LogP contribution in [0.2, 0.25) is 0 Å². The molecule has 1 spiro atoms. The lowest BCUT2D eigenvalue weighted by Crippen LogP contribution is -2.48. The molecule has 4 heteroatoms. The van der Waals surface area contributed by atoms with Gasteiger partial charge in [0.25, 0.3) is 0 Å². The Hall–Kier alpha value is -1.10. The number of para-hydroxylation sites is 1. The molecule has 2 aliphatic heterocycles. The predicted octanol–water partition coefficient (Wildman–Crippen LogP) is 2.03. The van der Waals surface area contributed by atoms with Crippen LogP contribution in [0, 0.1) is 0 Å². The van der Waals surface area contributed by atoms with Crippen LogP contribution in [0.4, 0.5) is 0 Å². The molecular weight excluding hydrogens is 242 g/mol. The van der Waals surface area contributed by atoms with Crippen molar-refractivity contribution in [2.75, 3.05) is 33.4 Å². The number of methoxy groups -OCH3 is 1. The number of ether oxygens (including phenoxy) is 3. The summed E-state index contributed by atoms with van der Waals surface area (Å²) in [6, 6.07) is 8.19. The Bertz CT molecular complexity index is 429. The smallest absolute Gasteiger partial charge is 0.181 e. The minimum Gasteiger partial charge on any atom is -0.496 e. The van der Waals surface area contributed by atoms with Crippen molar-refractivity contribution in [2.24, 2.45) is 0 Å². The monoisotopic (exact) mass is 263 g/mol. The van der Waals surface area contributed by atoms with Crippen LogP contribution in [0.3, 0.4) is 0 Å². The van der Waals surface area contributed by atoms with Gasteiger partial charge in [0.05, 0.1) is 26.9 Å². The Labute approximate surface area is 114 Å². The fraction of sp³-hybridized carbons (Fsp3) is 0.600. The van der Waals surface area contributed by atoms with E-state index < -0.39 is 0 Å². The summed E-state index contributed by atoms with van der Waals surface area (Å²) in [7, 11) is 1.72. The van der Waals surface area contributed by atoms with Gasteiger partial charge in [0.2, 0.25) is 0 Å². The molecule has 2 heterocycles. The molecular formula is C15H21NO3. The first kappa shape index (κ1) is 12.9. The van der Waals surface area contributed by atoms with E-state index in [-0.39, 0.29) is 5.79 Å². The number of likely N-dealkylation sites (tertiary alicyclic amines) is 1. The van der Waals surface area contributed by atoms with E-state index in [4.69, 9.17) is 14.2 Å². The first-order valence-corrected chi connectivity index (χ1v) is 6.93. The van der Waals surface area contributed by atoms with Crippen molar-refractivity contribution < 1.29 is 14.2 Å². The summed E-state index contributed by atoms with van der Waals surface area (Å²) >= 11 is 0. The summed E-state index contributed by atoms with van der Waals surface area (Å²) in [6.07, 6.45) is 2.13. The first-order valence-electron chi connectivity index (χ1n) is 6.93. The average Bonchev–Trinajstić information content (AvgIpc) is 2.87. The highest BCUT2D eigenvalue weighted by Crippen LogP contribution is 2.31. The Kier molecular flexibility index (Phi) is 3.73. The molecule has 1 aromatic carbocycles. The molecule has 3 rings (SSSR count). The second-order valence-corrected chi connectivity index (χ2v) is 5.23. The van der Waals surface area contributed by atoms with Gasteiger partial charge in [0.15, 0.2) is 5.79 Å². The zero-order valence-electron chi connectivity index (χ0n) is 11.4. The zero-order valence-corrected chi connectivity index (χ0v) is 11.4. The Morgan fingerprint density at radius 3 is 2.84 bits per heavy atom. The molecule has 2 aliphatic rings. The van der Waals surface area contributed by atoms with Gasteiger partial charge in [-0.3, -0.25) is 4.90 Å². The SMILES string of the molecule is COc1ccccc1CN1CCCC2(C1)OCCO2. The number of piperidine rings is 1. The summed E-state index contributed by atoms with van der Waals surface area (Å²) in [5, 5.41) is 0. The molecule has 0 aromatic heterocycles. The third kappa shape index (κ3) is 2.76. The van der Waals surface area contributed by atoms with Crippen molar-refractivity contribution in [3.8, 4) is 5.75 Å². The lowest BCUT2D eigenvalue weighted by Gasteiger charge is -2.38. The fourth-order valence-electron chi connectivity index (χ4n) is 3.01. The van der Waals surface area contributed by atoms with Gasteiger partial charge >= 0.3 is 0 Å². The third-order valence-electron chi connectivity index (χ3n) is 3.90. The van der Waals surface area contributed by atoms with E-state index in [1.165, 1.54) is 5.56 Å². The van der Waals surface area contributed by atoms with E-state index in [1.807, 2.05) is 12.1 Å². The van der Waals surface area contributed by atoms with Gasteiger partial charge in [-0.1, -0.05) is 18.2 Å². The number of benzene rings is 1. The number of hydrogen-bond acceptors (Lipinski definition) is 4. The zero-order chi connectivity index (χ0) is 13.1. The van der Waals surface area contributed by atoms with Crippen LogP contribution in [-0.4, -0.2) is 44.1 Å². The minimum atomic E-state index is -0.347. The van der Waals surface area contributed by atoms with Crippen molar-refractivity contribution in [3.05, 3.63) is 29.8 Å². The Balaban J connectivity index is 1.69. The molecule has 0 radical (unpaired) electrons. The van der Waals surface area contributed by atoms with Crippen LogP contribution in [0.25, 0.3) is 0 Å². The maximum atomic E-state index is 5.81. The van der Waals surface area contributed by atoms with E-state index in [0.717, 1.165) is 51.4 Å². The van der Waals surface area contributed by atoms with Crippen molar-refractivity contribution in [3.63, 3.8) is 0 Å². The molecule has 1 aromatic rings. The van der Waals surface area contributed by atoms with Gasteiger partial charge < -0.3 is 14.2 Å². The number of rotatable bonds is 3. The van der Waals surface area contributed by atoms with E-state index in [1.54, 1.807) is 7.11 Å². The summed E-state index contributed by atoms with van der Waals surface area (Å²) in [5.74, 6) is 0.607. The van der Waals surface area contributed by atoms with Crippen molar-refractivity contribution in [1.29, 1.82) is 0 Å². The largest absolute Gasteiger partial charge is 0.496 e. The maximum Gasteiger partial charge on any atom is 0.181 e. The molecule has 19 heavy (non-hydrogen) atoms. The molecule has 0 saturated carbocycles. The second-order valence-electron chi connectivity index (χ2n) is 5.23. The lowest BCUT2D eigenvalue weighted by molar-refractivity contribution is -0.190. The molecule has 0 aliphatic carbocycles. The molecule has 0 N–H and O–H groups in total. The van der Waals surface area contributed by atoms with Crippen LogP contribution in [0.5, 0.6) is 5.75 Å². The molecule has 4 nitrogen and oxygen atoms in total. The van der Waals surface area contributed by atoms with Crippen LogP contribution < -0.4 is 4.74 Å². The van der Waals surface area contributed by atoms with Crippen molar-refractivity contribution in [1.82, 2.24) is 4.90 Å². The van der Waals surface area contributed by atoms with Gasteiger partial charge in [-0.05, 0) is 19.0 Å². The summed E-state index contributed by atoms with van der Waals surface area (Å²) in [6.45, 7) is 4.28. The highest BCUT2D eigenvalue weighted by molar-refractivity contribution is 5.33. The summed E-state index contributed by atoms with van der Waals surface area (Å²) < 4.78 is 17.0. The number of nitrogens with zero attached hydrogens (tertiary/aromatic N) is 1. The van der Waals surface area contributed by atoms with Crippen molar-refractivity contribution >= 4 is 0 Å². The highest BCUT2D eigenvalue weighted by Gasteiger charge is 2.40. The van der Waals surface area contributed by atoms with Gasteiger partial charge in [0.1, 0.15) is 5.75 Å². The predicted molar refractivity (Wildman–Crippen MR) is 72.1 cm³/mol. The molecule has 104 valence electrons. The topological polar surface area (TPSA) is 30.9 Å². The van der Waals surface area contributed by atoms with Gasteiger partial charge in [-0.25, -0.2) is 0 Å². The average molecular weight is 263 g/mol. The van der Waals surface area contributed by atoms with Crippen LogP contribution in [0.1, 0.15) is 18.4 Å². The van der Waals surface area contributed by atoms with E-state index in [0.29, 0.717) is 0 Å². The van der Waals surface area contributed by atoms with Gasteiger partial charge in [0, 0.05) is 18.5 Å². The molecule has 0 unspecified atom stereocenters. The Morgan fingerprint density at radius 2 is 2.05 bits per heavy atom. The normalized spacial score (nSPS) is 22.8. The van der Waals surface area contributed by atoms with Gasteiger partial charge in [-0.2, -0.15) is 0 Å². The molecule has 0 amide bonds.